The van der Waals surface area contributed by atoms with E-state index in [0.717, 1.165) is 0 Å². The predicted molar refractivity (Wildman–Crippen MR) is 73.2 cm³/mol. The summed E-state index contributed by atoms with van der Waals surface area (Å²) in [4.78, 5) is 37.6. The smallest absolute Gasteiger partial charge is 0.275 e. The first-order chi connectivity index (χ1) is 9.58. The third-order valence-electron chi connectivity index (χ3n) is 2.63. The van der Waals surface area contributed by atoms with Gasteiger partial charge in [0, 0.05) is 11.3 Å². The third-order valence-corrected chi connectivity index (χ3v) is 2.63. The van der Waals surface area contributed by atoms with Crippen molar-refractivity contribution < 1.29 is 9.59 Å². The molecule has 0 atom stereocenters. The highest BCUT2D eigenvalue weighted by molar-refractivity contribution is 5.98. The summed E-state index contributed by atoms with van der Waals surface area (Å²) in [6.45, 7) is 1.71. The van der Waals surface area contributed by atoms with Crippen LogP contribution in [0.15, 0.2) is 47.3 Å². The summed E-state index contributed by atoms with van der Waals surface area (Å²) in [5, 5.41) is 0. The molecule has 0 aliphatic carbocycles. The monoisotopic (exact) mass is 271 g/mol. The Morgan fingerprint density at radius 1 is 0.950 bits per heavy atom. The lowest BCUT2D eigenvalue weighted by Crippen LogP contribution is -2.43. The van der Waals surface area contributed by atoms with Gasteiger partial charge in [-0.3, -0.25) is 25.2 Å². The Balaban J connectivity index is 2.02. The minimum absolute atomic E-state index is 0.0658. The van der Waals surface area contributed by atoms with Crippen LogP contribution in [-0.4, -0.2) is 16.8 Å². The van der Waals surface area contributed by atoms with Gasteiger partial charge < -0.3 is 4.98 Å². The number of carbonyl (C=O) groups excluding carboxylic acids is 2. The second-order valence-electron chi connectivity index (χ2n) is 4.16. The molecular weight excluding hydrogens is 258 g/mol. The fourth-order valence-corrected chi connectivity index (χ4v) is 1.59. The van der Waals surface area contributed by atoms with Crippen LogP contribution in [0.2, 0.25) is 0 Å². The molecule has 6 nitrogen and oxygen atoms in total. The van der Waals surface area contributed by atoms with Crippen LogP contribution in [0, 0.1) is 6.92 Å². The summed E-state index contributed by atoms with van der Waals surface area (Å²) < 4.78 is 0. The largest absolute Gasteiger partial charge is 0.326 e. The number of amides is 2. The summed E-state index contributed by atoms with van der Waals surface area (Å²) >= 11 is 0. The average molecular weight is 271 g/mol. The van der Waals surface area contributed by atoms with Gasteiger partial charge in [0.25, 0.3) is 17.4 Å². The Morgan fingerprint density at radius 2 is 1.60 bits per heavy atom. The molecule has 0 aliphatic heterocycles. The molecule has 0 saturated carbocycles. The molecule has 2 amide bonds. The van der Waals surface area contributed by atoms with Crippen molar-refractivity contribution in [2.75, 3.05) is 0 Å². The van der Waals surface area contributed by atoms with Crippen molar-refractivity contribution in [3.8, 4) is 0 Å². The minimum atomic E-state index is -0.671. The highest BCUT2D eigenvalue weighted by Gasteiger charge is 2.11. The Labute approximate surface area is 114 Å². The lowest BCUT2D eigenvalue weighted by Gasteiger charge is -2.07. The van der Waals surface area contributed by atoms with Crippen LogP contribution in [-0.2, 0) is 0 Å². The van der Waals surface area contributed by atoms with Crippen molar-refractivity contribution in [1.29, 1.82) is 0 Å². The van der Waals surface area contributed by atoms with Crippen LogP contribution in [0.25, 0.3) is 0 Å². The van der Waals surface area contributed by atoms with Crippen LogP contribution >= 0.6 is 0 Å². The predicted octanol–water partition coefficient (Wildman–Crippen LogP) is 0.758. The number of benzene rings is 1. The number of aryl methyl sites for hydroxylation is 1. The number of H-pyrrole nitrogens is 1. The van der Waals surface area contributed by atoms with Crippen molar-refractivity contribution in [3.05, 3.63) is 69.6 Å². The molecule has 0 bridgehead atoms. The van der Waals surface area contributed by atoms with Gasteiger partial charge in [-0.1, -0.05) is 18.2 Å². The van der Waals surface area contributed by atoms with Crippen molar-refractivity contribution in [2.45, 2.75) is 6.92 Å². The molecule has 0 spiro atoms. The van der Waals surface area contributed by atoms with Gasteiger partial charge in [-0.25, -0.2) is 0 Å². The fourth-order valence-electron chi connectivity index (χ4n) is 1.59. The first kappa shape index (κ1) is 13.5. The van der Waals surface area contributed by atoms with E-state index >= 15 is 0 Å². The first-order valence-electron chi connectivity index (χ1n) is 5.93. The van der Waals surface area contributed by atoms with Gasteiger partial charge in [0.05, 0.1) is 0 Å². The number of aromatic nitrogens is 1. The van der Waals surface area contributed by atoms with E-state index in [-0.39, 0.29) is 5.56 Å². The molecule has 0 saturated heterocycles. The number of nitrogens with one attached hydrogen (secondary N) is 3. The van der Waals surface area contributed by atoms with E-state index in [0.29, 0.717) is 11.3 Å². The van der Waals surface area contributed by atoms with Gasteiger partial charge in [0.1, 0.15) is 5.56 Å². The lowest BCUT2D eigenvalue weighted by molar-refractivity contribution is 0.0846. The number of hydrazine groups is 1. The van der Waals surface area contributed by atoms with Gasteiger partial charge in [-0.2, -0.15) is 0 Å². The lowest BCUT2D eigenvalue weighted by atomic mass is 10.2. The van der Waals surface area contributed by atoms with Crippen molar-refractivity contribution in [3.63, 3.8) is 0 Å². The van der Waals surface area contributed by atoms with Crippen LogP contribution in [0.3, 0.4) is 0 Å². The van der Waals surface area contributed by atoms with E-state index in [4.69, 9.17) is 0 Å². The third kappa shape index (κ3) is 3.11. The normalized spacial score (nSPS) is 9.85. The Bertz CT molecular complexity index is 692. The Hall–Kier alpha value is -2.89. The zero-order valence-corrected chi connectivity index (χ0v) is 10.8. The Kier molecular flexibility index (Phi) is 3.95. The van der Waals surface area contributed by atoms with Gasteiger partial charge in [-0.15, -0.1) is 0 Å². The standard InChI is InChI=1S/C14H13N3O3/c1-9-7-8-11(13(19)15-9)14(20)17-16-12(18)10-5-3-2-4-6-10/h2-8H,1H3,(H,15,19)(H,16,18)(H,17,20). The molecule has 0 radical (unpaired) electrons. The van der Waals surface area contributed by atoms with Gasteiger partial charge in [-0.05, 0) is 31.2 Å². The van der Waals surface area contributed by atoms with Gasteiger partial charge in [0.15, 0.2) is 0 Å². The maximum Gasteiger partial charge on any atom is 0.275 e. The maximum absolute atomic E-state index is 11.8. The highest BCUT2D eigenvalue weighted by atomic mass is 16.2. The molecule has 102 valence electrons. The molecule has 0 aliphatic rings. The highest BCUT2D eigenvalue weighted by Crippen LogP contribution is 1.97. The summed E-state index contributed by atoms with van der Waals surface area (Å²) in [6.07, 6.45) is 0. The molecule has 1 aromatic carbocycles. The number of hydrogen-bond acceptors (Lipinski definition) is 3. The van der Waals surface area contributed by atoms with E-state index in [9.17, 15) is 14.4 Å². The summed E-state index contributed by atoms with van der Waals surface area (Å²) in [5.74, 6) is -1.13. The summed E-state index contributed by atoms with van der Waals surface area (Å²) in [7, 11) is 0. The molecule has 1 aromatic heterocycles. The number of rotatable bonds is 2. The molecule has 0 fully saturated rings. The van der Waals surface area contributed by atoms with Crippen LogP contribution < -0.4 is 16.4 Å². The van der Waals surface area contributed by atoms with Crippen molar-refractivity contribution in [2.24, 2.45) is 0 Å². The molecule has 0 unspecified atom stereocenters. The molecule has 20 heavy (non-hydrogen) atoms. The van der Waals surface area contributed by atoms with E-state index < -0.39 is 17.4 Å². The zero-order valence-electron chi connectivity index (χ0n) is 10.8. The number of carbonyl (C=O) groups is 2. The molecule has 2 rings (SSSR count). The molecule has 6 heteroatoms. The van der Waals surface area contributed by atoms with Crippen molar-refractivity contribution >= 4 is 11.8 Å². The first-order valence-corrected chi connectivity index (χ1v) is 5.93. The summed E-state index contributed by atoms with van der Waals surface area (Å²) in [6, 6.07) is 11.4. The quantitative estimate of drug-likeness (QED) is 0.704. The number of pyridine rings is 1. The van der Waals surface area contributed by atoms with E-state index in [2.05, 4.69) is 15.8 Å². The molecule has 1 heterocycles. The van der Waals surface area contributed by atoms with Crippen LogP contribution in [0.4, 0.5) is 0 Å². The summed E-state index contributed by atoms with van der Waals surface area (Å²) in [5.41, 5.74) is 4.94. The van der Waals surface area contributed by atoms with Gasteiger partial charge >= 0.3 is 0 Å². The topological polar surface area (TPSA) is 91.1 Å². The molecular formula is C14H13N3O3. The van der Waals surface area contributed by atoms with E-state index in [1.54, 1.807) is 43.3 Å². The Morgan fingerprint density at radius 3 is 2.25 bits per heavy atom. The second-order valence-corrected chi connectivity index (χ2v) is 4.16. The maximum atomic E-state index is 11.8. The average Bonchev–Trinajstić information content (AvgIpc) is 2.45. The van der Waals surface area contributed by atoms with Crippen LogP contribution in [0.1, 0.15) is 26.4 Å². The van der Waals surface area contributed by atoms with Crippen LogP contribution in [0.5, 0.6) is 0 Å². The van der Waals surface area contributed by atoms with Crippen molar-refractivity contribution in [1.82, 2.24) is 15.8 Å². The molecule has 3 N–H and O–H groups in total. The SMILES string of the molecule is Cc1ccc(C(=O)NNC(=O)c2ccccc2)c(=O)[nH]1. The van der Waals surface area contributed by atoms with E-state index in [1.807, 2.05) is 0 Å². The number of hydrogen-bond donors (Lipinski definition) is 3. The fraction of sp³-hybridized carbons (Fsp3) is 0.0714. The zero-order chi connectivity index (χ0) is 14.5. The minimum Gasteiger partial charge on any atom is -0.326 e. The molecule has 2 aromatic rings. The van der Waals surface area contributed by atoms with E-state index in [1.165, 1.54) is 6.07 Å². The number of aromatic amines is 1. The van der Waals surface area contributed by atoms with Gasteiger partial charge in [0.2, 0.25) is 0 Å². The second kappa shape index (κ2) is 5.83.